The Hall–Kier alpha value is -1.26. The first kappa shape index (κ1) is 16.8. The van der Waals surface area contributed by atoms with E-state index in [9.17, 15) is 4.79 Å². The van der Waals surface area contributed by atoms with Gasteiger partial charge >= 0.3 is 5.97 Å². The number of hydrogen-bond donors (Lipinski definition) is 1. The van der Waals surface area contributed by atoms with E-state index in [0.717, 1.165) is 18.7 Å². The maximum Gasteiger partial charge on any atom is 0.310 e. The quantitative estimate of drug-likeness (QED) is 0.867. The Balaban J connectivity index is 0.00000200. The van der Waals surface area contributed by atoms with E-state index in [0.29, 0.717) is 19.1 Å². The maximum absolute atomic E-state index is 11.8. The number of ether oxygens (including phenoxy) is 2. The summed E-state index contributed by atoms with van der Waals surface area (Å²) < 4.78 is 10.3. The third-order valence-corrected chi connectivity index (χ3v) is 3.56. The van der Waals surface area contributed by atoms with Crippen molar-refractivity contribution in [3.8, 4) is 5.75 Å². The molecule has 1 aliphatic heterocycles. The standard InChI is InChI=1S/C15H21NO3.ClH/c1-3-19-15(17)13-8-12(9-16-10-13)11-4-6-14(18-2)7-5-11;/h4-7,12-13,16H,3,8-10H2,1-2H3;1H. The Kier molecular flexibility index (Phi) is 6.82. The van der Waals surface area contributed by atoms with Crippen LogP contribution in [0.25, 0.3) is 0 Å². The molecule has 4 nitrogen and oxygen atoms in total. The molecule has 0 aromatic heterocycles. The van der Waals surface area contributed by atoms with Gasteiger partial charge in [0.2, 0.25) is 0 Å². The second-order valence-corrected chi connectivity index (χ2v) is 4.81. The molecule has 20 heavy (non-hydrogen) atoms. The largest absolute Gasteiger partial charge is 0.497 e. The van der Waals surface area contributed by atoms with Crippen LogP contribution in [-0.4, -0.2) is 32.8 Å². The average molecular weight is 300 g/mol. The van der Waals surface area contributed by atoms with Gasteiger partial charge in [0.1, 0.15) is 5.75 Å². The molecule has 1 saturated heterocycles. The van der Waals surface area contributed by atoms with E-state index in [1.807, 2.05) is 19.1 Å². The minimum atomic E-state index is -0.0896. The van der Waals surface area contributed by atoms with Gasteiger partial charge in [0.15, 0.2) is 0 Å². The molecule has 1 heterocycles. The monoisotopic (exact) mass is 299 g/mol. The fraction of sp³-hybridized carbons (Fsp3) is 0.533. The molecule has 1 aromatic rings. The van der Waals surface area contributed by atoms with E-state index in [4.69, 9.17) is 9.47 Å². The predicted molar refractivity (Wildman–Crippen MR) is 80.6 cm³/mol. The van der Waals surface area contributed by atoms with Gasteiger partial charge in [-0.3, -0.25) is 4.79 Å². The predicted octanol–water partition coefficient (Wildman–Crippen LogP) is 2.37. The number of nitrogens with one attached hydrogen (secondary N) is 1. The number of carbonyl (C=O) groups is 1. The van der Waals surface area contributed by atoms with Crippen molar-refractivity contribution >= 4 is 18.4 Å². The molecule has 1 N–H and O–H groups in total. The van der Waals surface area contributed by atoms with Gasteiger partial charge in [0, 0.05) is 13.1 Å². The van der Waals surface area contributed by atoms with Crippen LogP contribution < -0.4 is 10.1 Å². The number of carbonyl (C=O) groups excluding carboxylic acids is 1. The first-order chi connectivity index (χ1) is 9.24. The fourth-order valence-corrected chi connectivity index (χ4v) is 2.51. The Morgan fingerprint density at radius 1 is 1.30 bits per heavy atom. The molecule has 2 unspecified atom stereocenters. The van der Waals surface area contributed by atoms with Crippen molar-refractivity contribution in [2.75, 3.05) is 26.8 Å². The summed E-state index contributed by atoms with van der Waals surface area (Å²) in [5, 5.41) is 3.32. The highest BCUT2D eigenvalue weighted by atomic mass is 35.5. The molecule has 112 valence electrons. The molecule has 1 aromatic carbocycles. The maximum atomic E-state index is 11.8. The molecule has 1 fully saturated rings. The van der Waals surface area contributed by atoms with Gasteiger partial charge in [-0.2, -0.15) is 0 Å². The van der Waals surface area contributed by atoms with E-state index in [2.05, 4.69) is 17.4 Å². The normalized spacial score (nSPS) is 21.7. The third-order valence-electron chi connectivity index (χ3n) is 3.56. The smallest absolute Gasteiger partial charge is 0.310 e. The zero-order chi connectivity index (χ0) is 13.7. The van der Waals surface area contributed by atoms with E-state index in [1.54, 1.807) is 7.11 Å². The van der Waals surface area contributed by atoms with E-state index < -0.39 is 0 Å². The lowest BCUT2D eigenvalue weighted by Gasteiger charge is -2.29. The Morgan fingerprint density at radius 2 is 2.00 bits per heavy atom. The van der Waals surface area contributed by atoms with Crippen LogP contribution >= 0.6 is 12.4 Å². The van der Waals surface area contributed by atoms with Gasteiger partial charge < -0.3 is 14.8 Å². The number of benzene rings is 1. The second-order valence-electron chi connectivity index (χ2n) is 4.81. The summed E-state index contributed by atoms with van der Waals surface area (Å²) in [4.78, 5) is 11.8. The number of halogens is 1. The molecule has 0 saturated carbocycles. The Bertz CT molecular complexity index is 422. The number of rotatable bonds is 4. The molecule has 0 bridgehead atoms. The number of methoxy groups -OCH3 is 1. The lowest BCUT2D eigenvalue weighted by molar-refractivity contribution is -0.148. The number of hydrogen-bond acceptors (Lipinski definition) is 4. The summed E-state index contributed by atoms with van der Waals surface area (Å²) in [5.41, 5.74) is 1.24. The van der Waals surface area contributed by atoms with Crippen molar-refractivity contribution in [3.63, 3.8) is 0 Å². The molecule has 2 rings (SSSR count). The van der Waals surface area contributed by atoms with Crippen molar-refractivity contribution in [3.05, 3.63) is 29.8 Å². The summed E-state index contributed by atoms with van der Waals surface area (Å²) in [6.07, 6.45) is 0.845. The summed E-state index contributed by atoms with van der Waals surface area (Å²) in [5.74, 6) is 1.08. The summed E-state index contributed by atoms with van der Waals surface area (Å²) >= 11 is 0. The zero-order valence-electron chi connectivity index (χ0n) is 11.9. The van der Waals surface area contributed by atoms with Gasteiger partial charge in [-0.25, -0.2) is 0 Å². The van der Waals surface area contributed by atoms with Crippen molar-refractivity contribution < 1.29 is 14.3 Å². The molecule has 2 atom stereocenters. The van der Waals surface area contributed by atoms with Crippen LogP contribution in [0.5, 0.6) is 5.75 Å². The molecule has 0 radical (unpaired) electrons. The molecular formula is C15H22ClNO3. The zero-order valence-corrected chi connectivity index (χ0v) is 12.7. The minimum Gasteiger partial charge on any atom is -0.497 e. The van der Waals surface area contributed by atoms with Crippen molar-refractivity contribution in [2.24, 2.45) is 5.92 Å². The minimum absolute atomic E-state index is 0. The van der Waals surface area contributed by atoms with Crippen LogP contribution in [0.4, 0.5) is 0 Å². The number of esters is 1. The van der Waals surface area contributed by atoms with Crippen molar-refractivity contribution in [1.29, 1.82) is 0 Å². The fourth-order valence-electron chi connectivity index (χ4n) is 2.51. The van der Waals surface area contributed by atoms with Crippen LogP contribution in [0.2, 0.25) is 0 Å². The van der Waals surface area contributed by atoms with Gasteiger partial charge in [-0.1, -0.05) is 12.1 Å². The molecule has 0 amide bonds. The van der Waals surface area contributed by atoms with E-state index in [1.165, 1.54) is 5.56 Å². The second kappa shape index (κ2) is 8.12. The van der Waals surface area contributed by atoms with Crippen LogP contribution in [0, 0.1) is 5.92 Å². The van der Waals surface area contributed by atoms with Crippen LogP contribution in [0.15, 0.2) is 24.3 Å². The SMILES string of the molecule is CCOC(=O)C1CNCC(c2ccc(OC)cc2)C1.Cl. The van der Waals surface area contributed by atoms with Gasteiger partial charge in [-0.05, 0) is 37.0 Å². The molecule has 0 aliphatic carbocycles. The van der Waals surface area contributed by atoms with Crippen LogP contribution in [0.3, 0.4) is 0 Å². The molecular weight excluding hydrogens is 278 g/mol. The molecule has 0 spiro atoms. The highest BCUT2D eigenvalue weighted by molar-refractivity contribution is 5.85. The third kappa shape index (κ3) is 4.12. The van der Waals surface area contributed by atoms with Crippen molar-refractivity contribution in [1.82, 2.24) is 5.32 Å². The highest BCUT2D eigenvalue weighted by Gasteiger charge is 2.28. The molecule has 1 aliphatic rings. The van der Waals surface area contributed by atoms with Gasteiger partial charge in [0.25, 0.3) is 0 Å². The molecule has 5 heteroatoms. The van der Waals surface area contributed by atoms with Crippen molar-refractivity contribution in [2.45, 2.75) is 19.3 Å². The van der Waals surface area contributed by atoms with Crippen LogP contribution in [0.1, 0.15) is 24.8 Å². The van der Waals surface area contributed by atoms with E-state index in [-0.39, 0.29) is 24.3 Å². The highest BCUT2D eigenvalue weighted by Crippen LogP contribution is 2.28. The Morgan fingerprint density at radius 3 is 2.60 bits per heavy atom. The van der Waals surface area contributed by atoms with Gasteiger partial charge in [0.05, 0.1) is 19.6 Å². The first-order valence-electron chi connectivity index (χ1n) is 6.76. The average Bonchev–Trinajstić information content (AvgIpc) is 2.48. The summed E-state index contributed by atoms with van der Waals surface area (Å²) in [6.45, 7) is 3.91. The summed E-state index contributed by atoms with van der Waals surface area (Å²) in [7, 11) is 1.66. The Labute approximate surface area is 126 Å². The first-order valence-corrected chi connectivity index (χ1v) is 6.76. The van der Waals surface area contributed by atoms with Gasteiger partial charge in [-0.15, -0.1) is 12.4 Å². The number of piperidine rings is 1. The van der Waals surface area contributed by atoms with E-state index >= 15 is 0 Å². The lowest BCUT2D eigenvalue weighted by atomic mass is 9.85. The van der Waals surface area contributed by atoms with Crippen LogP contribution in [-0.2, 0) is 9.53 Å². The summed E-state index contributed by atoms with van der Waals surface area (Å²) in [6, 6.07) is 8.06. The lowest BCUT2D eigenvalue weighted by Crippen LogP contribution is -2.39. The topological polar surface area (TPSA) is 47.6 Å².